The van der Waals surface area contributed by atoms with Gasteiger partial charge in [-0.05, 0) is 12.1 Å². The first kappa shape index (κ1) is 11.1. The molecule has 94 valence electrons. The molecule has 3 heterocycles. The fraction of sp³-hybridized carbons (Fsp3) is 0.364. The first-order valence-electron chi connectivity index (χ1n) is 5.59. The first-order valence-corrected chi connectivity index (χ1v) is 5.59. The minimum absolute atomic E-state index is 0.280. The average Bonchev–Trinajstić information content (AvgIpc) is 2.89. The molecule has 1 atom stereocenters. The number of pyridine rings is 1. The van der Waals surface area contributed by atoms with E-state index in [-0.39, 0.29) is 6.10 Å². The minimum atomic E-state index is -0.280. The molecule has 1 unspecified atom stereocenters. The quantitative estimate of drug-likeness (QED) is 0.839. The van der Waals surface area contributed by atoms with Crippen molar-refractivity contribution in [3.8, 4) is 11.6 Å². The number of nitrogen functional groups attached to an aromatic ring is 1. The molecule has 7 nitrogen and oxygen atoms in total. The summed E-state index contributed by atoms with van der Waals surface area (Å²) < 4.78 is 15.9. The highest BCUT2D eigenvalue weighted by atomic mass is 16.6. The van der Waals surface area contributed by atoms with E-state index >= 15 is 0 Å². The summed E-state index contributed by atoms with van der Waals surface area (Å²) in [6.45, 7) is 1.56. The van der Waals surface area contributed by atoms with Crippen molar-refractivity contribution in [1.29, 1.82) is 0 Å². The summed E-state index contributed by atoms with van der Waals surface area (Å²) in [4.78, 5) is 8.36. The highest BCUT2D eigenvalue weighted by Crippen LogP contribution is 2.21. The van der Waals surface area contributed by atoms with Gasteiger partial charge in [-0.2, -0.15) is 4.98 Å². The molecular formula is C11H12N4O3. The van der Waals surface area contributed by atoms with Gasteiger partial charge < -0.3 is 19.7 Å². The van der Waals surface area contributed by atoms with Crippen LogP contribution in [0, 0.1) is 0 Å². The van der Waals surface area contributed by atoms with E-state index in [1.807, 2.05) is 0 Å². The zero-order chi connectivity index (χ0) is 12.4. The smallest absolute Gasteiger partial charge is 0.276 e. The maximum absolute atomic E-state index is 5.60. The zero-order valence-corrected chi connectivity index (χ0v) is 9.57. The Labute approximate surface area is 103 Å². The van der Waals surface area contributed by atoms with E-state index in [4.69, 9.17) is 19.7 Å². The van der Waals surface area contributed by atoms with Crippen LogP contribution < -0.4 is 5.73 Å². The van der Waals surface area contributed by atoms with Gasteiger partial charge in [-0.3, -0.25) is 0 Å². The lowest BCUT2D eigenvalue weighted by atomic mass is 10.3. The number of nitrogens with two attached hydrogens (primary N) is 1. The normalized spacial score (nSPS) is 19.9. The summed E-state index contributed by atoms with van der Waals surface area (Å²) in [5, 5.41) is 3.87. The monoisotopic (exact) mass is 248 g/mol. The number of hydrogen-bond acceptors (Lipinski definition) is 7. The molecule has 1 aliphatic rings. The third-order valence-electron chi connectivity index (χ3n) is 2.54. The minimum Gasteiger partial charge on any atom is -0.384 e. The van der Waals surface area contributed by atoms with E-state index in [9.17, 15) is 0 Å². The second kappa shape index (κ2) is 4.71. The molecule has 3 rings (SSSR count). The number of anilines is 1. The molecule has 0 radical (unpaired) electrons. The Morgan fingerprint density at radius 1 is 1.22 bits per heavy atom. The van der Waals surface area contributed by atoms with Crippen LogP contribution in [0.25, 0.3) is 11.6 Å². The summed E-state index contributed by atoms with van der Waals surface area (Å²) in [7, 11) is 0. The van der Waals surface area contributed by atoms with Gasteiger partial charge in [0.1, 0.15) is 17.6 Å². The van der Waals surface area contributed by atoms with Gasteiger partial charge in [0.25, 0.3) is 5.89 Å². The molecule has 2 aromatic heterocycles. The molecule has 0 saturated carbocycles. The molecule has 1 fully saturated rings. The highest BCUT2D eigenvalue weighted by Gasteiger charge is 2.23. The summed E-state index contributed by atoms with van der Waals surface area (Å²) in [5.41, 5.74) is 6.15. The molecule has 0 amide bonds. The fourth-order valence-electron chi connectivity index (χ4n) is 1.68. The van der Waals surface area contributed by atoms with Crippen LogP contribution in [0.1, 0.15) is 11.9 Å². The van der Waals surface area contributed by atoms with Gasteiger partial charge in [0.2, 0.25) is 5.82 Å². The number of nitrogens with zero attached hydrogens (tertiary/aromatic N) is 3. The van der Waals surface area contributed by atoms with E-state index < -0.39 is 0 Å². The molecule has 0 aliphatic carbocycles. The Kier molecular flexibility index (Phi) is 2.91. The van der Waals surface area contributed by atoms with Crippen molar-refractivity contribution in [3.63, 3.8) is 0 Å². The Morgan fingerprint density at radius 2 is 2.17 bits per heavy atom. The third-order valence-corrected chi connectivity index (χ3v) is 2.54. The highest BCUT2D eigenvalue weighted by molar-refractivity contribution is 5.49. The number of ether oxygens (including phenoxy) is 2. The van der Waals surface area contributed by atoms with Crippen molar-refractivity contribution in [2.45, 2.75) is 6.10 Å². The van der Waals surface area contributed by atoms with Crippen LogP contribution >= 0.6 is 0 Å². The van der Waals surface area contributed by atoms with Gasteiger partial charge >= 0.3 is 0 Å². The van der Waals surface area contributed by atoms with Crippen molar-refractivity contribution in [1.82, 2.24) is 15.1 Å². The van der Waals surface area contributed by atoms with Gasteiger partial charge in [0.15, 0.2) is 0 Å². The van der Waals surface area contributed by atoms with Crippen molar-refractivity contribution in [2.75, 3.05) is 25.6 Å². The topological polar surface area (TPSA) is 96.3 Å². The second-order valence-electron chi connectivity index (χ2n) is 3.84. The molecule has 0 spiro atoms. The maximum atomic E-state index is 5.60. The molecule has 1 aliphatic heterocycles. The largest absolute Gasteiger partial charge is 0.384 e. The van der Waals surface area contributed by atoms with E-state index in [0.717, 1.165) is 0 Å². The second-order valence-corrected chi connectivity index (χ2v) is 3.84. The fourth-order valence-corrected chi connectivity index (χ4v) is 1.68. The molecular weight excluding hydrogens is 236 g/mol. The summed E-state index contributed by atoms with van der Waals surface area (Å²) in [6, 6.07) is 5.23. The van der Waals surface area contributed by atoms with Crippen LogP contribution in [-0.4, -0.2) is 34.9 Å². The SMILES string of the molecule is Nc1cccc(-c2nc(C3COCCO3)no2)n1. The van der Waals surface area contributed by atoms with Crippen LogP contribution in [0.5, 0.6) is 0 Å². The Morgan fingerprint density at radius 3 is 2.94 bits per heavy atom. The van der Waals surface area contributed by atoms with Crippen LogP contribution in [0.15, 0.2) is 22.7 Å². The summed E-state index contributed by atoms with van der Waals surface area (Å²) in [5.74, 6) is 1.20. The lowest BCUT2D eigenvalue weighted by Gasteiger charge is -2.19. The van der Waals surface area contributed by atoms with Crippen LogP contribution in [0.4, 0.5) is 5.82 Å². The van der Waals surface area contributed by atoms with Gasteiger partial charge in [0.05, 0.1) is 19.8 Å². The lowest BCUT2D eigenvalue weighted by molar-refractivity contribution is -0.0941. The number of aromatic nitrogens is 3. The van der Waals surface area contributed by atoms with E-state index in [1.54, 1.807) is 18.2 Å². The Hall–Kier alpha value is -1.99. The summed E-state index contributed by atoms with van der Waals surface area (Å²) in [6.07, 6.45) is -0.280. The van der Waals surface area contributed by atoms with Gasteiger partial charge in [0, 0.05) is 0 Å². The molecule has 18 heavy (non-hydrogen) atoms. The molecule has 7 heteroatoms. The lowest BCUT2D eigenvalue weighted by Crippen LogP contribution is -2.22. The van der Waals surface area contributed by atoms with E-state index in [1.165, 1.54) is 0 Å². The van der Waals surface area contributed by atoms with Gasteiger partial charge in [-0.1, -0.05) is 11.2 Å². The molecule has 2 N–H and O–H groups in total. The molecule has 2 aromatic rings. The van der Waals surface area contributed by atoms with Crippen molar-refractivity contribution in [2.24, 2.45) is 0 Å². The van der Waals surface area contributed by atoms with Gasteiger partial charge in [-0.25, -0.2) is 4.98 Å². The summed E-state index contributed by atoms with van der Waals surface area (Å²) >= 11 is 0. The van der Waals surface area contributed by atoms with Crippen LogP contribution in [0.2, 0.25) is 0 Å². The van der Waals surface area contributed by atoms with Gasteiger partial charge in [-0.15, -0.1) is 0 Å². The first-order chi connectivity index (χ1) is 8.83. The van der Waals surface area contributed by atoms with Crippen molar-refractivity contribution < 1.29 is 14.0 Å². The van der Waals surface area contributed by atoms with Crippen molar-refractivity contribution >= 4 is 5.82 Å². The third kappa shape index (κ3) is 2.18. The average molecular weight is 248 g/mol. The Bertz CT molecular complexity index is 537. The van der Waals surface area contributed by atoms with Crippen LogP contribution in [0.3, 0.4) is 0 Å². The zero-order valence-electron chi connectivity index (χ0n) is 9.57. The van der Waals surface area contributed by atoms with E-state index in [0.29, 0.717) is 43.0 Å². The van der Waals surface area contributed by atoms with E-state index in [2.05, 4.69) is 15.1 Å². The molecule has 0 bridgehead atoms. The Balaban J connectivity index is 1.84. The maximum Gasteiger partial charge on any atom is 0.276 e. The number of rotatable bonds is 2. The standard InChI is InChI=1S/C11H12N4O3/c12-9-3-1-2-7(13-9)11-14-10(15-18-11)8-6-16-4-5-17-8/h1-3,8H,4-6H2,(H2,12,13). The molecule has 0 aromatic carbocycles. The predicted octanol–water partition coefficient (Wildman–Crippen LogP) is 0.802. The molecule has 1 saturated heterocycles. The van der Waals surface area contributed by atoms with Crippen LogP contribution in [-0.2, 0) is 9.47 Å². The van der Waals surface area contributed by atoms with Crippen molar-refractivity contribution in [3.05, 3.63) is 24.0 Å². The number of hydrogen-bond donors (Lipinski definition) is 1. The predicted molar refractivity (Wildman–Crippen MR) is 61.5 cm³/mol.